The standard InChI is InChI=1S/C27H50N2O/c1-26(2,3)20-22-12-14-24(15-13-22)29-25(30)23-16-19-27(28-21-23)17-10-8-6-4-5-7-9-11-18-27/h22-24,28H,4-21H2,1-3H3,(H,29,30)/t22-,23?,24-. The molecule has 2 saturated carbocycles. The Bertz CT molecular complexity index is 493. The number of hydrogen-bond acceptors (Lipinski definition) is 2. The highest BCUT2D eigenvalue weighted by Gasteiger charge is 2.37. The number of nitrogens with one attached hydrogen (secondary N) is 2. The summed E-state index contributed by atoms with van der Waals surface area (Å²) in [5.41, 5.74) is 0.755. The average Bonchev–Trinajstić information content (AvgIpc) is 2.75. The van der Waals surface area contributed by atoms with Gasteiger partial charge in [0.05, 0.1) is 5.92 Å². The molecule has 0 aromatic heterocycles. The van der Waals surface area contributed by atoms with E-state index in [9.17, 15) is 4.79 Å². The second kappa shape index (κ2) is 11.3. The van der Waals surface area contributed by atoms with E-state index >= 15 is 0 Å². The van der Waals surface area contributed by atoms with Crippen LogP contribution in [0.1, 0.15) is 130 Å². The second-order valence-corrected chi connectivity index (χ2v) is 12.2. The molecule has 3 rings (SSSR count). The summed E-state index contributed by atoms with van der Waals surface area (Å²) in [6.45, 7) is 7.95. The van der Waals surface area contributed by atoms with E-state index in [2.05, 4.69) is 31.4 Å². The lowest BCUT2D eigenvalue weighted by atomic mass is 9.76. The first-order valence-corrected chi connectivity index (χ1v) is 13.4. The highest BCUT2D eigenvalue weighted by molar-refractivity contribution is 5.79. The Morgan fingerprint density at radius 1 is 0.833 bits per heavy atom. The molecule has 0 bridgehead atoms. The smallest absolute Gasteiger partial charge is 0.224 e. The van der Waals surface area contributed by atoms with E-state index in [1.807, 2.05) is 0 Å². The number of hydrogen-bond donors (Lipinski definition) is 2. The lowest BCUT2D eigenvalue weighted by molar-refractivity contribution is -0.127. The Morgan fingerprint density at radius 3 is 1.90 bits per heavy atom. The minimum absolute atomic E-state index is 0.182. The van der Waals surface area contributed by atoms with Gasteiger partial charge < -0.3 is 10.6 Å². The van der Waals surface area contributed by atoms with E-state index in [0.717, 1.165) is 18.9 Å². The van der Waals surface area contributed by atoms with Gasteiger partial charge in [-0.2, -0.15) is 0 Å². The minimum Gasteiger partial charge on any atom is -0.353 e. The molecule has 0 aromatic carbocycles. The maximum Gasteiger partial charge on any atom is 0.224 e. The minimum atomic E-state index is 0.182. The molecule has 174 valence electrons. The van der Waals surface area contributed by atoms with Gasteiger partial charge in [-0.15, -0.1) is 0 Å². The highest BCUT2D eigenvalue weighted by atomic mass is 16.2. The quantitative estimate of drug-likeness (QED) is 0.532. The zero-order valence-corrected chi connectivity index (χ0v) is 20.4. The number of carbonyl (C=O) groups excluding carboxylic acids is 1. The summed E-state index contributed by atoms with van der Waals surface area (Å²) < 4.78 is 0. The Morgan fingerprint density at radius 2 is 1.40 bits per heavy atom. The van der Waals surface area contributed by atoms with E-state index in [4.69, 9.17) is 0 Å². The molecule has 1 aliphatic heterocycles. The van der Waals surface area contributed by atoms with Crippen LogP contribution in [0, 0.1) is 17.3 Å². The van der Waals surface area contributed by atoms with Crippen LogP contribution in [0.4, 0.5) is 0 Å². The summed E-state index contributed by atoms with van der Waals surface area (Å²) in [6.07, 6.45) is 22.4. The lowest BCUT2D eigenvalue weighted by Gasteiger charge is -2.42. The monoisotopic (exact) mass is 418 g/mol. The molecular formula is C27H50N2O. The molecule has 1 unspecified atom stereocenters. The van der Waals surface area contributed by atoms with Crippen LogP contribution in [0.25, 0.3) is 0 Å². The molecule has 3 fully saturated rings. The zero-order chi connectivity index (χ0) is 21.5. The van der Waals surface area contributed by atoms with Gasteiger partial charge in [0.25, 0.3) is 0 Å². The van der Waals surface area contributed by atoms with Gasteiger partial charge in [0.2, 0.25) is 5.91 Å². The molecule has 30 heavy (non-hydrogen) atoms. The van der Waals surface area contributed by atoms with Crippen LogP contribution in [-0.4, -0.2) is 24.0 Å². The van der Waals surface area contributed by atoms with E-state index < -0.39 is 0 Å². The fourth-order valence-corrected chi connectivity index (χ4v) is 6.44. The van der Waals surface area contributed by atoms with Gasteiger partial charge in [-0.1, -0.05) is 72.1 Å². The SMILES string of the molecule is CC(C)(C)C[C@H]1CC[C@H](NC(=O)C2CCC3(CCCCCCCCCC3)NC2)CC1. The Balaban J connectivity index is 1.41. The van der Waals surface area contributed by atoms with Gasteiger partial charge in [0.1, 0.15) is 0 Å². The lowest BCUT2D eigenvalue weighted by Crippen LogP contribution is -2.54. The van der Waals surface area contributed by atoms with Gasteiger partial charge >= 0.3 is 0 Å². The van der Waals surface area contributed by atoms with Crippen LogP contribution in [0.3, 0.4) is 0 Å². The number of rotatable bonds is 3. The summed E-state index contributed by atoms with van der Waals surface area (Å²) in [5.74, 6) is 1.36. The second-order valence-electron chi connectivity index (χ2n) is 12.2. The number of carbonyl (C=O) groups is 1. The molecule has 2 aliphatic carbocycles. The summed E-state index contributed by atoms with van der Waals surface area (Å²) in [4.78, 5) is 13.0. The Kier molecular flexibility index (Phi) is 9.10. The average molecular weight is 419 g/mol. The maximum absolute atomic E-state index is 13.0. The summed E-state index contributed by atoms with van der Waals surface area (Å²) >= 11 is 0. The van der Waals surface area contributed by atoms with Crippen LogP contribution in [-0.2, 0) is 4.79 Å². The first-order valence-electron chi connectivity index (χ1n) is 13.4. The van der Waals surface area contributed by atoms with Crippen molar-refractivity contribution in [3.63, 3.8) is 0 Å². The van der Waals surface area contributed by atoms with Gasteiger partial charge in [-0.25, -0.2) is 0 Å². The van der Waals surface area contributed by atoms with Gasteiger partial charge in [0, 0.05) is 18.1 Å². The van der Waals surface area contributed by atoms with Crippen LogP contribution < -0.4 is 10.6 Å². The highest BCUT2D eigenvalue weighted by Crippen LogP contribution is 2.36. The van der Waals surface area contributed by atoms with Crippen molar-refractivity contribution in [1.82, 2.24) is 10.6 Å². The van der Waals surface area contributed by atoms with Gasteiger partial charge in [-0.05, 0) is 69.1 Å². The fourth-order valence-electron chi connectivity index (χ4n) is 6.44. The summed E-state index contributed by atoms with van der Waals surface area (Å²) in [7, 11) is 0. The maximum atomic E-state index is 13.0. The van der Waals surface area contributed by atoms with E-state index in [1.54, 1.807) is 0 Å². The van der Waals surface area contributed by atoms with Crippen LogP contribution in [0.2, 0.25) is 0 Å². The van der Waals surface area contributed by atoms with E-state index in [1.165, 1.54) is 103 Å². The molecule has 1 atom stereocenters. The van der Waals surface area contributed by atoms with Gasteiger partial charge in [-0.3, -0.25) is 4.79 Å². The van der Waals surface area contributed by atoms with Crippen molar-refractivity contribution in [2.24, 2.45) is 17.3 Å². The fraction of sp³-hybridized carbons (Fsp3) is 0.963. The zero-order valence-electron chi connectivity index (χ0n) is 20.4. The molecule has 3 nitrogen and oxygen atoms in total. The van der Waals surface area contributed by atoms with Crippen molar-refractivity contribution < 1.29 is 4.79 Å². The summed E-state index contributed by atoms with van der Waals surface area (Å²) in [5, 5.41) is 7.34. The summed E-state index contributed by atoms with van der Waals surface area (Å²) in [6, 6.07) is 0.419. The first-order chi connectivity index (χ1) is 14.4. The molecule has 0 aromatic rings. The Hall–Kier alpha value is -0.570. The van der Waals surface area contributed by atoms with Crippen molar-refractivity contribution in [1.29, 1.82) is 0 Å². The largest absolute Gasteiger partial charge is 0.353 e. The van der Waals surface area contributed by atoms with Crippen LogP contribution in [0.5, 0.6) is 0 Å². The van der Waals surface area contributed by atoms with Crippen molar-refractivity contribution >= 4 is 5.91 Å². The molecular weight excluding hydrogens is 368 g/mol. The van der Waals surface area contributed by atoms with E-state index in [-0.39, 0.29) is 5.92 Å². The van der Waals surface area contributed by atoms with Crippen LogP contribution >= 0.6 is 0 Å². The normalized spacial score (nSPS) is 31.6. The molecule has 3 aliphatic rings. The van der Waals surface area contributed by atoms with E-state index in [0.29, 0.717) is 22.9 Å². The Labute approximate surface area is 186 Å². The van der Waals surface area contributed by atoms with Crippen molar-refractivity contribution in [2.45, 2.75) is 142 Å². The molecule has 1 amide bonds. The predicted molar refractivity (Wildman–Crippen MR) is 128 cm³/mol. The first kappa shape index (κ1) is 24.1. The number of amides is 1. The molecule has 1 spiro atoms. The van der Waals surface area contributed by atoms with Gasteiger partial charge in [0.15, 0.2) is 0 Å². The predicted octanol–water partition coefficient (Wildman–Crippen LogP) is 6.75. The molecule has 3 heteroatoms. The van der Waals surface area contributed by atoms with Crippen molar-refractivity contribution in [3.8, 4) is 0 Å². The van der Waals surface area contributed by atoms with Crippen LogP contribution in [0.15, 0.2) is 0 Å². The molecule has 2 N–H and O–H groups in total. The third kappa shape index (κ3) is 7.84. The molecule has 1 saturated heterocycles. The molecule has 1 heterocycles. The van der Waals surface area contributed by atoms with Crippen molar-refractivity contribution in [3.05, 3.63) is 0 Å². The third-order valence-electron chi connectivity index (χ3n) is 8.22. The molecule has 0 radical (unpaired) electrons. The van der Waals surface area contributed by atoms with Crippen molar-refractivity contribution in [2.75, 3.05) is 6.54 Å². The third-order valence-corrected chi connectivity index (χ3v) is 8.22. The number of piperidine rings is 1. The topological polar surface area (TPSA) is 41.1 Å².